The second-order valence-electron chi connectivity index (χ2n) is 5.39. The highest BCUT2D eigenvalue weighted by Crippen LogP contribution is 2.44. The van der Waals surface area contributed by atoms with Crippen LogP contribution >= 0.6 is 39.0 Å². The van der Waals surface area contributed by atoms with Crippen molar-refractivity contribution in [3.05, 3.63) is 50.6 Å². The number of rotatable bonds is 2. The van der Waals surface area contributed by atoms with E-state index in [1.165, 1.54) is 11.8 Å². The van der Waals surface area contributed by atoms with Gasteiger partial charge in [-0.15, -0.1) is 16.4 Å². The van der Waals surface area contributed by atoms with Gasteiger partial charge in [0.05, 0.1) is 3.79 Å². The fourth-order valence-corrected chi connectivity index (χ4v) is 5.00. The zero-order valence-electron chi connectivity index (χ0n) is 12.8. The maximum absolute atomic E-state index is 12.8. The number of thiophene rings is 1. The van der Waals surface area contributed by atoms with Gasteiger partial charge in [-0.2, -0.15) is 0 Å². The zero-order chi connectivity index (χ0) is 16.7. The van der Waals surface area contributed by atoms with E-state index < -0.39 is 6.04 Å². The van der Waals surface area contributed by atoms with Crippen LogP contribution in [0.1, 0.15) is 29.6 Å². The lowest BCUT2D eigenvalue weighted by Crippen LogP contribution is -2.50. The van der Waals surface area contributed by atoms with Gasteiger partial charge in [0.1, 0.15) is 0 Å². The molecule has 124 valence electrons. The summed E-state index contributed by atoms with van der Waals surface area (Å²) in [5.41, 5.74) is 1.93. The topological polar surface area (TPSA) is 56.7 Å². The molecule has 0 saturated carbocycles. The highest BCUT2D eigenvalue weighted by molar-refractivity contribution is 9.11. The second-order valence-corrected chi connectivity index (χ2v) is 9.13. The van der Waals surface area contributed by atoms with Crippen LogP contribution in [0.25, 0.3) is 0 Å². The summed E-state index contributed by atoms with van der Waals surface area (Å²) in [7, 11) is 0. The number of carbonyl (C=O) groups excluding carboxylic acids is 1. The zero-order valence-corrected chi connectivity index (χ0v) is 16.0. The van der Waals surface area contributed by atoms with E-state index in [4.69, 9.17) is 5.10 Å². The number of anilines is 1. The minimum Gasteiger partial charge on any atom is -0.359 e. The molecule has 3 heterocycles. The number of carbonyl (C=O) groups is 1. The molecule has 2 aliphatic heterocycles. The molecule has 4 rings (SSSR count). The van der Waals surface area contributed by atoms with E-state index in [1.807, 2.05) is 42.3 Å². The third-order valence-corrected chi connectivity index (χ3v) is 6.33. The molecule has 1 aromatic carbocycles. The van der Waals surface area contributed by atoms with Gasteiger partial charge in [-0.3, -0.25) is 4.79 Å². The molecule has 24 heavy (non-hydrogen) atoms. The number of nitrogens with one attached hydrogen (secondary N) is 2. The van der Waals surface area contributed by atoms with Crippen molar-refractivity contribution in [3.8, 4) is 0 Å². The van der Waals surface area contributed by atoms with E-state index in [1.54, 1.807) is 11.3 Å². The monoisotopic (exact) mass is 422 g/mol. The summed E-state index contributed by atoms with van der Waals surface area (Å²) in [5, 5.41) is 13.7. The molecule has 1 aromatic heterocycles. The van der Waals surface area contributed by atoms with Crippen molar-refractivity contribution in [2.45, 2.75) is 19.1 Å². The minimum atomic E-state index is -0.422. The predicted octanol–water partition coefficient (Wildman–Crippen LogP) is 4.13. The third-order valence-electron chi connectivity index (χ3n) is 3.91. The minimum absolute atomic E-state index is 0.0319. The van der Waals surface area contributed by atoms with E-state index >= 15 is 0 Å². The molecular weight excluding hydrogens is 408 g/mol. The van der Waals surface area contributed by atoms with Crippen LogP contribution < -0.4 is 10.6 Å². The Morgan fingerprint density at radius 3 is 2.92 bits per heavy atom. The molecule has 8 heteroatoms. The van der Waals surface area contributed by atoms with Crippen LogP contribution in [0.4, 0.5) is 5.69 Å². The number of fused-ring (bicyclic) bond motifs is 3. The van der Waals surface area contributed by atoms with Gasteiger partial charge in [-0.25, -0.2) is 5.01 Å². The molecule has 2 aliphatic rings. The van der Waals surface area contributed by atoms with Crippen molar-refractivity contribution in [1.29, 1.82) is 0 Å². The largest absolute Gasteiger partial charge is 0.359 e. The number of thioether (sulfide) groups is 1. The summed E-state index contributed by atoms with van der Waals surface area (Å²) in [4.78, 5) is 13.9. The third kappa shape index (κ3) is 2.72. The van der Waals surface area contributed by atoms with Gasteiger partial charge in [0.25, 0.3) is 5.91 Å². The Bertz CT molecular complexity index is 822. The molecule has 2 N–H and O–H groups in total. The van der Waals surface area contributed by atoms with Gasteiger partial charge >= 0.3 is 0 Å². The van der Waals surface area contributed by atoms with Crippen molar-refractivity contribution >= 4 is 55.8 Å². The summed E-state index contributed by atoms with van der Waals surface area (Å²) in [6, 6.07) is 11.6. The maximum atomic E-state index is 12.8. The van der Waals surface area contributed by atoms with Crippen LogP contribution in [-0.2, 0) is 4.79 Å². The Labute approximate surface area is 156 Å². The molecule has 2 aromatic rings. The first kappa shape index (κ1) is 16.0. The number of para-hydroxylation sites is 1. The van der Waals surface area contributed by atoms with Crippen LogP contribution in [0, 0.1) is 0 Å². The van der Waals surface area contributed by atoms with Gasteiger partial charge in [0.2, 0.25) is 0 Å². The summed E-state index contributed by atoms with van der Waals surface area (Å²) >= 11 is 6.70. The molecular formula is C16H15BrN4OS2. The molecule has 0 saturated heterocycles. The Morgan fingerprint density at radius 2 is 2.17 bits per heavy atom. The van der Waals surface area contributed by atoms with Gasteiger partial charge in [0, 0.05) is 16.1 Å². The molecule has 5 nitrogen and oxygen atoms in total. The normalized spacial score (nSPS) is 22.2. The first-order chi connectivity index (χ1) is 11.7. The average molecular weight is 423 g/mol. The predicted molar refractivity (Wildman–Crippen MR) is 103 cm³/mol. The quantitative estimate of drug-likeness (QED) is 0.763. The van der Waals surface area contributed by atoms with E-state index in [0.717, 1.165) is 25.7 Å². The lowest BCUT2D eigenvalue weighted by atomic mass is 9.99. The number of benzene rings is 1. The standard InChI is InChI=1S/C16H15BrN4OS2/c1-2-23-16-19-15(22)13-9-5-3-4-6-10(9)18-14(21(13)20-16)11-7-8-12(17)24-11/h3-8,13-14,18H,2H2,1H3,(H,19,20,22)/t13-,14-/m1/s1. The van der Waals surface area contributed by atoms with E-state index in [9.17, 15) is 4.79 Å². The number of amides is 1. The van der Waals surface area contributed by atoms with Crippen LogP contribution in [0.3, 0.4) is 0 Å². The van der Waals surface area contributed by atoms with E-state index in [-0.39, 0.29) is 12.1 Å². The first-order valence-corrected chi connectivity index (χ1v) is 10.2. The molecule has 0 aliphatic carbocycles. The van der Waals surface area contributed by atoms with Crippen molar-refractivity contribution in [2.24, 2.45) is 5.10 Å². The van der Waals surface area contributed by atoms with Crippen LogP contribution in [0.2, 0.25) is 0 Å². The van der Waals surface area contributed by atoms with Crippen LogP contribution in [0.5, 0.6) is 0 Å². The Morgan fingerprint density at radius 1 is 1.33 bits per heavy atom. The first-order valence-electron chi connectivity index (χ1n) is 7.58. The number of hydrogen-bond acceptors (Lipinski definition) is 6. The van der Waals surface area contributed by atoms with Crippen molar-refractivity contribution in [1.82, 2.24) is 10.3 Å². The number of amidine groups is 1. The van der Waals surface area contributed by atoms with Crippen LogP contribution in [0.15, 0.2) is 45.3 Å². The molecule has 2 atom stereocenters. The molecule has 0 radical (unpaired) electrons. The number of hydrogen-bond donors (Lipinski definition) is 2. The maximum Gasteiger partial charge on any atom is 0.255 e. The smallest absolute Gasteiger partial charge is 0.255 e. The highest BCUT2D eigenvalue weighted by atomic mass is 79.9. The fourth-order valence-electron chi connectivity index (χ4n) is 2.93. The highest BCUT2D eigenvalue weighted by Gasteiger charge is 2.42. The number of halogens is 1. The fraction of sp³-hybridized carbons (Fsp3) is 0.250. The Balaban J connectivity index is 1.83. The lowest BCUT2D eigenvalue weighted by molar-refractivity contribution is -0.127. The van der Waals surface area contributed by atoms with Gasteiger partial charge < -0.3 is 10.6 Å². The number of hydrazone groups is 1. The van der Waals surface area contributed by atoms with Gasteiger partial charge in [-0.1, -0.05) is 36.9 Å². The summed E-state index contributed by atoms with van der Waals surface area (Å²) < 4.78 is 1.06. The SMILES string of the molecule is CCSC1=NN2[C@H](c3ccc(Br)s3)Nc3ccccc3[C@@H]2C(=O)N1. The Hall–Kier alpha value is -1.51. The van der Waals surface area contributed by atoms with Gasteiger partial charge in [0.15, 0.2) is 17.4 Å². The summed E-state index contributed by atoms with van der Waals surface area (Å²) in [6.07, 6.45) is -0.167. The van der Waals surface area contributed by atoms with E-state index in [0.29, 0.717) is 5.17 Å². The Kier molecular flexibility index (Phi) is 4.28. The van der Waals surface area contributed by atoms with Crippen molar-refractivity contribution in [2.75, 3.05) is 11.1 Å². The number of nitrogens with zero attached hydrogens (tertiary/aromatic N) is 2. The van der Waals surface area contributed by atoms with Crippen molar-refractivity contribution in [3.63, 3.8) is 0 Å². The van der Waals surface area contributed by atoms with E-state index in [2.05, 4.69) is 32.6 Å². The average Bonchev–Trinajstić information content (AvgIpc) is 3.00. The molecule has 0 fully saturated rings. The molecule has 0 unspecified atom stereocenters. The summed E-state index contributed by atoms with van der Waals surface area (Å²) in [6.45, 7) is 2.04. The molecule has 0 spiro atoms. The van der Waals surface area contributed by atoms with Gasteiger partial charge in [-0.05, 0) is 39.9 Å². The molecule has 0 bridgehead atoms. The second kappa shape index (κ2) is 6.42. The molecule has 1 amide bonds. The summed E-state index contributed by atoms with van der Waals surface area (Å²) in [5.74, 6) is 0.826. The van der Waals surface area contributed by atoms with Crippen LogP contribution in [-0.4, -0.2) is 21.8 Å². The lowest BCUT2D eigenvalue weighted by Gasteiger charge is -2.43. The van der Waals surface area contributed by atoms with Crippen molar-refractivity contribution < 1.29 is 4.79 Å².